The van der Waals surface area contributed by atoms with Crippen LogP contribution in [0.4, 0.5) is 14.5 Å². The number of carbonyl (C=O) groups is 1. The molecule has 0 saturated carbocycles. The van der Waals surface area contributed by atoms with E-state index < -0.39 is 28.2 Å². The molecule has 3 rings (SSSR count). The van der Waals surface area contributed by atoms with Crippen molar-refractivity contribution in [1.82, 2.24) is 14.3 Å². The average Bonchev–Trinajstić information content (AvgIpc) is 3.13. The molecule has 0 unspecified atom stereocenters. The highest BCUT2D eigenvalue weighted by Gasteiger charge is 2.25. The van der Waals surface area contributed by atoms with Crippen LogP contribution in [0.3, 0.4) is 0 Å². The van der Waals surface area contributed by atoms with Crippen molar-refractivity contribution in [2.45, 2.75) is 25.2 Å². The number of amides is 1. The molecule has 7 nitrogen and oxygen atoms in total. The fourth-order valence-corrected chi connectivity index (χ4v) is 4.92. The molecule has 0 atom stereocenters. The summed E-state index contributed by atoms with van der Waals surface area (Å²) in [6.45, 7) is 3.98. The van der Waals surface area contributed by atoms with Crippen molar-refractivity contribution in [2.24, 2.45) is 0 Å². The summed E-state index contributed by atoms with van der Waals surface area (Å²) in [7, 11) is -3.82. The number of hydrogen-bond donors (Lipinski definition) is 2. The number of nitrogens with one attached hydrogen (secondary N) is 2. The van der Waals surface area contributed by atoms with Gasteiger partial charge in [0.1, 0.15) is 4.90 Å². The summed E-state index contributed by atoms with van der Waals surface area (Å²) in [6.07, 6.45) is -2.75. The van der Waals surface area contributed by atoms with Gasteiger partial charge in [-0.15, -0.1) is 0 Å². The third-order valence-corrected chi connectivity index (χ3v) is 7.01. The van der Waals surface area contributed by atoms with E-state index in [0.29, 0.717) is 11.0 Å². The van der Waals surface area contributed by atoms with Crippen LogP contribution >= 0.6 is 11.6 Å². The van der Waals surface area contributed by atoms with Crippen molar-refractivity contribution in [1.29, 1.82) is 0 Å². The number of carbonyl (C=O) groups excluding carboxylic acids is 1. The monoisotopic (exact) mass is 456 g/mol. The number of alkyl halides is 2. The molecule has 0 fully saturated rings. The van der Waals surface area contributed by atoms with E-state index in [1.54, 1.807) is 13.8 Å². The lowest BCUT2D eigenvalue weighted by Gasteiger charge is -2.19. The molecule has 1 aromatic heterocycles. The Balaban J connectivity index is 1.89. The predicted octanol–water partition coefficient (Wildman–Crippen LogP) is 4.44. The molecule has 160 valence electrons. The predicted molar refractivity (Wildman–Crippen MR) is 111 cm³/mol. The molecule has 0 aliphatic carbocycles. The number of H-pyrrole nitrogens is 1. The Bertz CT molecular complexity index is 1190. The summed E-state index contributed by atoms with van der Waals surface area (Å²) in [6, 6.07) is 8.44. The number of anilines is 1. The number of aromatic nitrogens is 2. The lowest BCUT2D eigenvalue weighted by atomic mass is 10.2. The van der Waals surface area contributed by atoms with Crippen LogP contribution in [0.15, 0.2) is 41.3 Å². The number of hydrogen-bond acceptors (Lipinski definition) is 4. The van der Waals surface area contributed by atoms with Gasteiger partial charge in [0.05, 0.1) is 16.1 Å². The lowest BCUT2D eigenvalue weighted by molar-refractivity contribution is 0.102. The minimum atomic E-state index is -3.82. The summed E-state index contributed by atoms with van der Waals surface area (Å²) < 4.78 is 52.4. The van der Waals surface area contributed by atoms with Crippen LogP contribution in [-0.4, -0.2) is 41.7 Å². The Morgan fingerprint density at radius 3 is 2.53 bits per heavy atom. The minimum Gasteiger partial charge on any atom is -0.337 e. The molecule has 11 heteroatoms. The highest BCUT2D eigenvalue weighted by Crippen LogP contribution is 2.28. The van der Waals surface area contributed by atoms with Crippen LogP contribution in [-0.2, 0) is 10.0 Å². The van der Waals surface area contributed by atoms with Gasteiger partial charge in [0.2, 0.25) is 10.0 Å². The summed E-state index contributed by atoms with van der Waals surface area (Å²) >= 11 is 6.09. The van der Waals surface area contributed by atoms with Gasteiger partial charge >= 0.3 is 0 Å². The van der Waals surface area contributed by atoms with E-state index in [4.69, 9.17) is 11.6 Å². The highest BCUT2D eigenvalue weighted by molar-refractivity contribution is 7.89. The number of fused-ring (bicyclic) bond motifs is 1. The van der Waals surface area contributed by atoms with Gasteiger partial charge in [-0.25, -0.2) is 22.2 Å². The van der Waals surface area contributed by atoms with E-state index in [1.807, 2.05) is 0 Å². The maximum Gasteiger partial charge on any atom is 0.295 e. The summed E-state index contributed by atoms with van der Waals surface area (Å²) in [5.41, 5.74) is 1.02. The zero-order chi connectivity index (χ0) is 22.1. The summed E-state index contributed by atoms with van der Waals surface area (Å²) in [5, 5.41) is 2.64. The third kappa shape index (κ3) is 4.30. The molecule has 2 N–H and O–H groups in total. The number of benzene rings is 2. The Morgan fingerprint density at radius 2 is 1.90 bits per heavy atom. The molecule has 0 aliphatic heterocycles. The molecule has 0 saturated heterocycles. The number of sulfonamides is 1. The van der Waals surface area contributed by atoms with E-state index in [9.17, 15) is 22.0 Å². The maximum atomic E-state index is 12.8. The fourth-order valence-electron chi connectivity index (χ4n) is 2.96. The van der Waals surface area contributed by atoms with Crippen molar-refractivity contribution >= 4 is 44.3 Å². The Labute approximate surface area is 177 Å². The second-order valence-corrected chi connectivity index (χ2v) is 8.66. The van der Waals surface area contributed by atoms with Crippen molar-refractivity contribution in [3.8, 4) is 0 Å². The van der Waals surface area contributed by atoms with Gasteiger partial charge in [0.15, 0.2) is 5.82 Å². The van der Waals surface area contributed by atoms with Gasteiger partial charge in [-0.3, -0.25) is 4.79 Å². The van der Waals surface area contributed by atoms with Crippen LogP contribution in [0, 0.1) is 0 Å². The van der Waals surface area contributed by atoms with E-state index in [1.165, 1.54) is 40.7 Å². The van der Waals surface area contributed by atoms with Crippen molar-refractivity contribution in [3.05, 3.63) is 52.8 Å². The van der Waals surface area contributed by atoms with Gasteiger partial charge in [0.25, 0.3) is 12.3 Å². The van der Waals surface area contributed by atoms with Crippen LogP contribution < -0.4 is 5.32 Å². The SMILES string of the molecule is CCN(CC)S(=O)(=O)c1cc(NC(=O)c2ccc3nc(C(F)F)[nH]c3c2)ccc1Cl. The first-order chi connectivity index (χ1) is 14.2. The largest absolute Gasteiger partial charge is 0.337 e. The van der Waals surface area contributed by atoms with Crippen molar-refractivity contribution in [3.63, 3.8) is 0 Å². The molecular formula is C19H19ClF2N4O3S. The zero-order valence-electron chi connectivity index (χ0n) is 16.1. The van der Waals surface area contributed by atoms with E-state index in [2.05, 4.69) is 15.3 Å². The quantitative estimate of drug-likeness (QED) is 0.549. The first kappa shape index (κ1) is 22.1. The topological polar surface area (TPSA) is 95.2 Å². The van der Waals surface area contributed by atoms with Gasteiger partial charge in [-0.2, -0.15) is 4.31 Å². The van der Waals surface area contributed by atoms with Crippen molar-refractivity contribution < 1.29 is 22.0 Å². The van der Waals surface area contributed by atoms with Gasteiger partial charge in [-0.1, -0.05) is 25.4 Å². The molecule has 1 amide bonds. The van der Waals surface area contributed by atoms with Crippen LogP contribution in [0.5, 0.6) is 0 Å². The first-order valence-corrected chi connectivity index (χ1v) is 10.9. The Kier molecular flexibility index (Phi) is 6.39. The maximum absolute atomic E-state index is 12.8. The molecule has 0 spiro atoms. The molecule has 1 heterocycles. The highest BCUT2D eigenvalue weighted by atomic mass is 35.5. The number of aromatic amines is 1. The van der Waals surface area contributed by atoms with Crippen LogP contribution in [0.25, 0.3) is 11.0 Å². The molecule has 3 aromatic rings. The fraction of sp³-hybridized carbons (Fsp3) is 0.263. The van der Waals surface area contributed by atoms with E-state index in [-0.39, 0.29) is 34.3 Å². The zero-order valence-corrected chi connectivity index (χ0v) is 17.7. The number of halogens is 3. The minimum absolute atomic E-state index is 0.0401. The normalized spacial score (nSPS) is 12.1. The van der Waals surface area contributed by atoms with E-state index in [0.717, 1.165) is 0 Å². The molecule has 0 radical (unpaired) electrons. The molecular weight excluding hydrogens is 438 g/mol. The van der Waals surface area contributed by atoms with Crippen LogP contribution in [0.1, 0.15) is 36.5 Å². The second-order valence-electron chi connectivity index (χ2n) is 6.34. The second kappa shape index (κ2) is 8.66. The van der Waals surface area contributed by atoms with Gasteiger partial charge < -0.3 is 10.3 Å². The first-order valence-electron chi connectivity index (χ1n) is 9.06. The summed E-state index contributed by atoms with van der Waals surface area (Å²) in [5.74, 6) is -1.02. The van der Waals surface area contributed by atoms with Crippen LogP contribution in [0.2, 0.25) is 5.02 Å². The standard InChI is InChI=1S/C19H19ClF2N4O3S/c1-3-26(4-2)30(28,29)16-10-12(6-7-13(16)20)23-19(27)11-5-8-14-15(9-11)25-18(24-14)17(21)22/h5-10,17H,3-4H2,1-2H3,(H,23,27)(H,24,25). The third-order valence-electron chi connectivity index (χ3n) is 4.48. The Morgan fingerprint density at radius 1 is 1.20 bits per heavy atom. The number of rotatable bonds is 7. The lowest BCUT2D eigenvalue weighted by Crippen LogP contribution is -2.30. The molecule has 30 heavy (non-hydrogen) atoms. The number of nitrogens with zero attached hydrogens (tertiary/aromatic N) is 2. The molecule has 2 aromatic carbocycles. The molecule has 0 aliphatic rings. The van der Waals surface area contributed by atoms with Gasteiger partial charge in [-0.05, 0) is 36.4 Å². The Hall–Kier alpha value is -2.56. The summed E-state index contributed by atoms with van der Waals surface area (Å²) in [4.78, 5) is 18.7. The molecule has 0 bridgehead atoms. The van der Waals surface area contributed by atoms with Gasteiger partial charge in [0, 0.05) is 24.3 Å². The average molecular weight is 457 g/mol. The number of imidazole rings is 1. The van der Waals surface area contributed by atoms with Crippen molar-refractivity contribution in [2.75, 3.05) is 18.4 Å². The smallest absolute Gasteiger partial charge is 0.295 e. The van der Waals surface area contributed by atoms with E-state index >= 15 is 0 Å².